The lowest BCUT2D eigenvalue weighted by atomic mass is 9.93. The molecule has 0 unspecified atom stereocenters. The minimum atomic E-state index is -0.573. The highest BCUT2D eigenvalue weighted by Crippen LogP contribution is 2.50. The van der Waals surface area contributed by atoms with Crippen LogP contribution in [0.15, 0.2) is 120 Å². The summed E-state index contributed by atoms with van der Waals surface area (Å²) in [6, 6.07) is 30.4. The van der Waals surface area contributed by atoms with Gasteiger partial charge in [0.05, 0.1) is 11.0 Å². The molecule has 2 aliphatic heterocycles. The zero-order chi connectivity index (χ0) is 28.0. The fourth-order valence-corrected chi connectivity index (χ4v) is 5.33. The van der Waals surface area contributed by atoms with E-state index in [1.807, 2.05) is 92.7 Å². The highest BCUT2D eigenvalue weighted by Gasteiger charge is 2.52. The van der Waals surface area contributed by atoms with Gasteiger partial charge in [-0.15, -0.1) is 0 Å². The van der Waals surface area contributed by atoms with Crippen LogP contribution in [-0.2, 0) is 9.59 Å². The van der Waals surface area contributed by atoms with E-state index in [9.17, 15) is 19.7 Å². The van der Waals surface area contributed by atoms with Gasteiger partial charge in [0.1, 0.15) is 5.70 Å². The first-order valence-corrected chi connectivity index (χ1v) is 12.9. The predicted octanol–water partition coefficient (Wildman–Crippen LogP) is 6.68. The van der Waals surface area contributed by atoms with Gasteiger partial charge in [0.25, 0.3) is 17.5 Å². The van der Waals surface area contributed by atoms with E-state index in [-0.39, 0.29) is 17.5 Å². The number of nitro benzene ring substituents is 1. The smallest absolute Gasteiger partial charge is 0.276 e. The van der Waals surface area contributed by atoms with Crippen LogP contribution in [0.5, 0.6) is 0 Å². The van der Waals surface area contributed by atoms with Gasteiger partial charge >= 0.3 is 0 Å². The molecule has 4 aromatic rings. The van der Waals surface area contributed by atoms with Crippen LogP contribution in [-0.4, -0.2) is 16.7 Å². The number of non-ortho nitro benzene ring substituents is 1. The average molecular weight is 528 g/mol. The quantitative estimate of drug-likeness (QED) is 0.165. The average Bonchev–Trinajstić information content (AvgIpc) is 3.41. The highest BCUT2D eigenvalue weighted by molar-refractivity contribution is 6.29. The van der Waals surface area contributed by atoms with Gasteiger partial charge in [-0.05, 0) is 55.3 Å². The van der Waals surface area contributed by atoms with E-state index >= 15 is 0 Å². The van der Waals surface area contributed by atoms with Crippen molar-refractivity contribution in [2.24, 2.45) is 0 Å². The summed E-state index contributed by atoms with van der Waals surface area (Å²) in [4.78, 5) is 42.7. The normalized spacial score (nSPS) is 17.6. The molecule has 7 nitrogen and oxygen atoms in total. The Bertz CT molecular complexity index is 1720. The molecule has 196 valence electrons. The highest BCUT2D eigenvalue weighted by atomic mass is 16.6. The number of nitrogens with zero attached hydrogens (tertiary/aromatic N) is 3. The van der Waals surface area contributed by atoms with Crippen molar-refractivity contribution in [3.05, 3.63) is 152 Å². The van der Waals surface area contributed by atoms with E-state index in [1.165, 1.54) is 17.0 Å². The number of hydrogen-bond donors (Lipinski definition) is 0. The summed E-state index contributed by atoms with van der Waals surface area (Å²) in [5.41, 5.74) is 5.86. The number of aryl methyl sites for hydroxylation is 2. The molecule has 2 heterocycles. The zero-order valence-corrected chi connectivity index (χ0v) is 21.9. The molecular formula is C33H25N3O4. The van der Waals surface area contributed by atoms with Crippen molar-refractivity contribution < 1.29 is 14.5 Å². The Morgan fingerprint density at radius 1 is 0.750 bits per heavy atom. The van der Waals surface area contributed by atoms with E-state index in [0.29, 0.717) is 33.8 Å². The molecule has 0 fully saturated rings. The molecule has 0 saturated carbocycles. The van der Waals surface area contributed by atoms with Crippen molar-refractivity contribution in [1.82, 2.24) is 0 Å². The van der Waals surface area contributed by atoms with Crippen LogP contribution in [0.4, 0.5) is 17.1 Å². The third kappa shape index (κ3) is 4.18. The number of amides is 2. The maximum absolute atomic E-state index is 14.4. The van der Waals surface area contributed by atoms with Crippen molar-refractivity contribution in [3.63, 3.8) is 0 Å². The molecule has 0 spiro atoms. The zero-order valence-electron chi connectivity index (χ0n) is 21.9. The lowest BCUT2D eigenvalue weighted by molar-refractivity contribution is -0.384. The number of anilines is 2. The Kier molecular flexibility index (Phi) is 6.11. The van der Waals surface area contributed by atoms with Gasteiger partial charge < -0.3 is 0 Å². The summed E-state index contributed by atoms with van der Waals surface area (Å²) in [6.07, 6.45) is 1.65. The molecule has 0 radical (unpaired) electrons. The molecule has 0 bridgehead atoms. The van der Waals surface area contributed by atoms with Gasteiger partial charge in [-0.1, -0.05) is 77.9 Å². The van der Waals surface area contributed by atoms with Crippen LogP contribution >= 0.6 is 0 Å². The second-order valence-corrected chi connectivity index (χ2v) is 9.97. The topological polar surface area (TPSA) is 83.8 Å². The number of benzene rings is 4. The van der Waals surface area contributed by atoms with E-state index in [2.05, 4.69) is 0 Å². The Morgan fingerprint density at radius 2 is 1.38 bits per heavy atom. The summed E-state index contributed by atoms with van der Waals surface area (Å²) in [5.74, 6) is -0.637. The number of carbonyl (C=O) groups is 2. The summed E-state index contributed by atoms with van der Waals surface area (Å²) >= 11 is 0. The van der Waals surface area contributed by atoms with E-state index in [0.717, 1.165) is 16.7 Å². The van der Waals surface area contributed by atoms with Gasteiger partial charge in [-0.25, -0.2) is 0 Å². The molecule has 7 heteroatoms. The van der Waals surface area contributed by atoms with Crippen LogP contribution in [0.2, 0.25) is 0 Å². The second-order valence-electron chi connectivity index (χ2n) is 9.97. The van der Waals surface area contributed by atoms with Gasteiger partial charge in [0, 0.05) is 34.7 Å². The molecule has 4 aromatic carbocycles. The van der Waals surface area contributed by atoms with E-state index in [4.69, 9.17) is 0 Å². The fourth-order valence-electron chi connectivity index (χ4n) is 5.33. The van der Waals surface area contributed by atoms with Crippen molar-refractivity contribution >= 4 is 35.0 Å². The molecule has 0 N–H and O–H groups in total. The summed E-state index contributed by atoms with van der Waals surface area (Å²) in [6.45, 7) is 3.94. The summed E-state index contributed by atoms with van der Waals surface area (Å²) in [7, 11) is 0. The first-order valence-electron chi connectivity index (χ1n) is 12.9. The Labute approximate surface area is 231 Å². The lowest BCUT2D eigenvalue weighted by Gasteiger charge is -2.30. The number of hydrogen-bond acceptors (Lipinski definition) is 4. The second kappa shape index (κ2) is 9.78. The minimum Gasteiger partial charge on any atom is -0.295 e. The molecule has 2 amide bonds. The SMILES string of the molecule is Cc1ccc(N2C(=O)/C(=C/c3cccc([N+](=O)[O-])c3)C3=C2C(=O)N(c2ccc(C)cc2)[C@H]3c2ccccc2)cc1. The van der Waals surface area contributed by atoms with Gasteiger partial charge in [0.2, 0.25) is 0 Å². The standard InChI is InChI=1S/C33H25N3O4/c1-21-11-15-25(16-12-21)34-30(24-8-4-3-5-9-24)29-28(20-23-7-6-10-27(19-23)36(39)40)32(37)35(31(29)33(34)38)26-17-13-22(2)14-18-26/h3-20,30H,1-2H3/b28-20+/t30-/m0/s1. The summed E-state index contributed by atoms with van der Waals surface area (Å²) < 4.78 is 0. The number of rotatable bonds is 5. The maximum Gasteiger partial charge on any atom is 0.276 e. The minimum absolute atomic E-state index is 0.0761. The predicted molar refractivity (Wildman–Crippen MR) is 155 cm³/mol. The number of nitro groups is 1. The van der Waals surface area contributed by atoms with Crippen LogP contribution in [0.1, 0.15) is 28.3 Å². The van der Waals surface area contributed by atoms with Crippen LogP contribution in [0.25, 0.3) is 6.08 Å². The number of carbonyl (C=O) groups excluding carboxylic acids is 2. The molecule has 0 aliphatic carbocycles. The molecule has 6 rings (SSSR count). The molecule has 0 saturated heterocycles. The monoisotopic (exact) mass is 527 g/mol. The van der Waals surface area contributed by atoms with Crippen LogP contribution < -0.4 is 9.80 Å². The van der Waals surface area contributed by atoms with Crippen molar-refractivity contribution in [2.75, 3.05) is 9.80 Å². The Morgan fingerprint density at radius 3 is 2.00 bits per heavy atom. The van der Waals surface area contributed by atoms with Gasteiger partial charge in [-0.3, -0.25) is 29.5 Å². The van der Waals surface area contributed by atoms with Crippen molar-refractivity contribution in [2.45, 2.75) is 19.9 Å². The maximum atomic E-state index is 14.4. The van der Waals surface area contributed by atoms with Crippen molar-refractivity contribution in [3.8, 4) is 0 Å². The van der Waals surface area contributed by atoms with Crippen LogP contribution in [0, 0.1) is 24.0 Å². The van der Waals surface area contributed by atoms with E-state index < -0.39 is 11.0 Å². The molecule has 1 atom stereocenters. The van der Waals surface area contributed by atoms with Gasteiger partial charge in [0.15, 0.2) is 0 Å². The van der Waals surface area contributed by atoms with Crippen molar-refractivity contribution in [1.29, 1.82) is 0 Å². The molecular weight excluding hydrogens is 502 g/mol. The molecule has 40 heavy (non-hydrogen) atoms. The third-order valence-electron chi connectivity index (χ3n) is 7.27. The molecule has 2 aliphatic rings. The van der Waals surface area contributed by atoms with E-state index in [1.54, 1.807) is 23.1 Å². The van der Waals surface area contributed by atoms with Crippen LogP contribution in [0.3, 0.4) is 0 Å². The fraction of sp³-hybridized carbons (Fsp3) is 0.0909. The first-order chi connectivity index (χ1) is 19.3. The van der Waals surface area contributed by atoms with Gasteiger partial charge in [-0.2, -0.15) is 0 Å². The lowest BCUT2D eigenvalue weighted by Crippen LogP contribution is -2.38. The third-order valence-corrected chi connectivity index (χ3v) is 7.27. The first kappa shape index (κ1) is 25.0. The Hall–Kier alpha value is -5.30. The summed E-state index contributed by atoms with van der Waals surface area (Å²) in [5, 5.41) is 11.5. The largest absolute Gasteiger partial charge is 0.295 e. The Balaban J connectivity index is 1.60. The molecule has 0 aromatic heterocycles.